The molecule has 2 heterocycles. The first-order valence-electron chi connectivity index (χ1n) is 10.3. The summed E-state index contributed by atoms with van der Waals surface area (Å²) in [6.45, 7) is 3.97. The zero-order valence-electron chi connectivity index (χ0n) is 18.1. The van der Waals surface area contributed by atoms with E-state index in [2.05, 4.69) is 5.32 Å². The highest BCUT2D eigenvalue weighted by atomic mass is 35.5. The summed E-state index contributed by atoms with van der Waals surface area (Å²) in [4.78, 5) is 23.7. The molecule has 0 saturated carbocycles. The molecule has 3 aromatic rings. The summed E-state index contributed by atoms with van der Waals surface area (Å²) < 4.78 is 13.0. The number of rotatable bonds is 7. The molecular formula is C23H23ClN4O4S. The second kappa shape index (κ2) is 9.76. The fraction of sp³-hybridized carbons (Fsp3) is 0.261. The van der Waals surface area contributed by atoms with Gasteiger partial charge in [0.1, 0.15) is 5.82 Å². The van der Waals surface area contributed by atoms with Gasteiger partial charge in [-0.25, -0.2) is 4.68 Å². The van der Waals surface area contributed by atoms with Crippen LogP contribution in [0.15, 0.2) is 42.5 Å². The first kappa shape index (κ1) is 23.0. The molecule has 4 rings (SSSR count). The van der Waals surface area contributed by atoms with Crippen LogP contribution in [-0.4, -0.2) is 40.6 Å². The molecule has 8 nitrogen and oxygen atoms in total. The number of nitrogens with zero attached hydrogens (tertiary/aromatic N) is 2. The maximum Gasteiger partial charge on any atom is 0.255 e. The van der Waals surface area contributed by atoms with E-state index in [4.69, 9.17) is 31.9 Å². The Kier molecular flexibility index (Phi) is 6.80. The zero-order chi connectivity index (χ0) is 23.5. The van der Waals surface area contributed by atoms with Gasteiger partial charge in [0.25, 0.3) is 5.91 Å². The highest BCUT2D eigenvalue weighted by Crippen LogP contribution is 2.45. The van der Waals surface area contributed by atoms with Gasteiger partial charge in [-0.1, -0.05) is 17.7 Å². The number of ether oxygens (including phenoxy) is 2. The van der Waals surface area contributed by atoms with Crippen molar-refractivity contribution in [3.05, 3.63) is 64.3 Å². The van der Waals surface area contributed by atoms with Crippen molar-refractivity contribution >= 4 is 41.0 Å². The van der Waals surface area contributed by atoms with E-state index in [0.717, 1.165) is 22.5 Å². The van der Waals surface area contributed by atoms with E-state index in [1.54, 1.807) is 22.9 Å². The van der Waals surface area contributed by atoms with Gasteiger partial charge in [-0.15, -0.1) is 11.8 Å². The van der Waals surface area contributed by atoms with E-state index in [-0.39, 0.29) is 23.5 Å². The van der Waals surface area contributed by atoms with Crippen LogP contribution >= 0.6 is 23.4 Å². The molecule has 2 amide bonds. The molecule has 172 valence electrons. The average Bonchev–Trinajstić information content (AvgIpc) is 2.98. The van der Waals surface area contributed by atoms with Crippen LogP contribution in [0.25, 0.3) is 5.69 Å². The van der Waals surface area contributed by atoms with Gasteiger partial charge >= 0.3 is 0 Å². The van der Waals surface area contributed by atoms with Gasteiger partial charge in [-0.3, -0.25) is 9.59 Å². The molecule has 3 N–H and O–H groups in total. The molecule has 1 aliphatic heterocycles. The van der Waals surface area contributed by atoms with Crippen molar-refractivity contribution in [1.82, 2.24) is 9.78 Å². The minimum atomic E-state index is -0.569. The second-order valence-corrected chi connectivity index (χ2v) is 8.90. The average molecular weight is 487 g/mol. The number of nitrogens with one attached hydrogen (secondary N) is 1. The first-order chi connectivity index (χ1) is 15.9. The van der Waals surface area contributed by atoms with Gasteiger partial charge in [-0.2, -0.15) is 5.10 Å². The molecule has 10 heteroatoms. The number of hydrogen-bond donors (Lipinski definition) is 2. The minimum Gasteiger partial charge on any atom is -0.490 e. The van der Waals surface area contributed by atoms with Gasteiger partial charge < -0.3 is 20.5 Å². The van der Waals surface area contributed by atoms with Gasteiger partial charge in [0.05, 0.1) is 29.0 Å². The van der Waals surface area contributed by atoms with Crippen molar-refractivity contribution in [2.24, 2.45) is 5.73 Å². The molecule has 2 aromatic carbocycles. The van der Waals surface area contributed by atoms with Gasteiger partial charge in [-0.05, 0) is 55.8 Å². The summed E-state index contributed by atoms with van der Waals surface area (Å²) >= 11 is 7.55. The number of anilines is 1. The molecule has 0 unspecified atom stereocenters. The Morgan fingerprint density at radius 3 is 2.70 bits per heavy atom. The fourth-order valence-electron chi connectivity index (χ4n) is 3.64. The van der Waals surface area contributed by atoms with Gasteiger partial charge in [0.2, 0.25) is 5.91 Å². The lowest BCUT2D eigenvalue weighted by Crippen LogP contribution is -2.20. The summed E-state index contributed by atoms with van der Waals surface area (Å²) in [6.07, 6.45) is 0. The van der Waals surface area contributed by atoms with Gasteiger partial charge in [0.15, 0.2) is 18.1 Å². The fourth-order valence-corrected chi connectivity index (χ4v) is 4.94. The van der Waals surface area contributed by atoms with Crippen molar-refractivity contribution in [2.75, 3.05) is 24.3 Å². The Labute approximate surface area is 200 Å². The van der Waals surface area contributed by atoms with E-state index in [1.165, 1.54) is 11.8 Å². The number of aryl methyl sites for hydroxylation is 1. The summed E-state index contributed by atoms with van der Waals surface area (Å²) in [6, 6.07) is 12.8. The highest BCUT2D eigenvalue weighted by molar-refractivity contribution is 8.00. The lowest BCUT2D eigenvalue weighted by Gasteiger charge is -2.18. The van der Waals surface area contributed by atoms with Crippen molar-refractivity contribution < 1.29 is 19.1 Å². The second-order valence-electron chi connectivity index (χ2n) is 7.37. The SMILES string of the molecule is CCOc1cc([C@@H]2SCC(=O)Nc3c2c(C)nn3-c2ccc(Cl)cc2)ccc1OCC(N)=O. The van der Waals surface area contributed by atoms with E-state index in [1.807, 2.05) is 38.1 Å². The normalized spacial score (nSPS) is 15.4. The number of benzene rings is 2. The standard InChI is InChI=1S/C23H23ClN4O4S/c1-3-31-18-10-14(4-9-17(18)32-11-19(25)29)22-21-13(2)27-28(16-7-5-15(24)6-8-16)23(21)26-20(30)12-33-22/h4-10,22H,3,11-12H2,1-2H3,(H2,25,29)(H,26,30)/t22-/m0/s1. The monoisotopic (exact) mass is 486 g/mol. The van der Waals surface area contributed by atoms with E-state index in [9.17, 15) is 9.59 Å². The molecule has 1 aliphatic rings. The Morgan fingerprint density at radius 2 is 2.00 bits per heavy atom. The smallest absolute Gasteiger partial charge is 0.255 e. The maximum atomic E-state index is 12.6. The lowest BCUT2D eigenvalue weighted by molar-refractivity contribution is -0.120. The minimum absolute atomic E-state index is 0.106. The van der Waals surface area contributed by atoms with Crippen molar-refractivity contribution in [2.45, 2.75) is 19.1 Å². The number of primary amides is 1. The number of fused-ring (bicyclic) bond motifs is 1. The topological polar surface area (TPSA) is 108 Å². The molecular weight excluding hydrogens is 464 g/mol. The predicted octanol–water partition coefficient (Wildman–Crippen LogP) is 3.87. The molecule has 0 aliphatic carbocycles. The third kappa shape index (κ3) is 4.94. The molecule has 0 saturated heterocycles. The molecule has 0 radical (unpaired) electrons. The molecule has 1 atom stereocenters. The number of carbonyl (C=O) groups is 2. The summed E-state index contributed by atoms with van der Waals surface area (Å²) in [5, 5.41) is 8.16. The van der Waals surface area contributed by atoms with E-state index < -0.39 is 5.91 Å². The van der Waals surface area contributed by atoms with Gasteiger partial charge in [0, 0.05) is 10.6 Å². The van der Waals surface area contributed by atoms with E-state index in [0.29, 0.717) is 28.9 Å². The third-order valence-corrected chi connectivity index (χ3v) is 6.54. The molecule has 33 heavy (non-hydrogen) atoms. The van der Waals surface area contributed by atoms with Crippen LogP contribution in [0.4, 0.5) is 5.82 Å². The number of halogens is 1. The molecule has 1 aromatic heterocycles. The maximum absolute atomic E-state index is 12.6. The quantitative estimate of drug-likeness (QED) is 0.524. The molecule has 0 spiro atoms. The molecule has 0 bridgehead atoms. The van der Waals surface area contributed by atoms with Crippen LogP contribution in [0.3, 0.4) is 0 Å². The van der Waals surface area contributed by atoms with Crippen molar-refractivity contribution in [3.8, 4) is 17.2 Å². The summed E-state index contributed by atoms with van der Waals surface area (Å²) in [7, 11) is 0. The number of aromatic nitrogens is 2. The van der Waals surface area contributed by atoms with Crippen molar-refractivity contribution in [1.29, 1.82) is 0 Å². The van der Waals surface area contributed by atoms with Crippen molar-refractivity contribution in [3.63, 3.8) is 0 Å². The number of thioether (sulfide) groups is 1. The number of hydrogen-bond acceptors (Lipinski definition) is 6. The Bertz CT molecular complexity index is 1200. The molecule has 0 fully saturated rings. The van der Waals surface area contributed by atoms with Crippen LogP contribution in [0.1, 0.15) is 29.0 Å². The Hall–Kier alpha value is -3.17. The largest absolute Gasteiger partial charge is 0.490 e. The number of amides is 2. The zero-order valence-corrected chi connectivity index (χ0v) is 19.7. The first-order valence-corrected chi connectivity index (χ1v) is 11.7. The number of nitrogens with two attached hydrogens (primary N) is 1. The Balaban J connectivity index is 1.78. The van der Waals surface area contributed by atoms with E-state index >= 15 is 0 Å². The predicted molar refractivity (Wildman–Crippen MR) is 129 cm³/mol. The summed E-state index contributed by atoms with van der Waals surface area (Å²) in [5.74, 6) is 1.17. The third-order valence-electron chi connectivity index (χ3n) is 5.02. The Morgan fingerprint density at radius 1 is 1.24 bits per heavy atom. The lowest BCUT2D eigenvalue weighted by atomic mass is 10.0. The van der Waals surface area contributed by atoms with Crippen LogP contribution in [0, 0.1) is 6.92 Å². The van der Waals surface area contributed by atoms with Crippen LogP contribution in [-0.2, 0) is 9.59 Å². The van der Waals surface area contributed by atoms with Crippen LogP contribution in [0.5, 0.6) is 11.5 Å². The number of carbonyl (C=O) groups excluding carboxylic acids is 2. The summed E-state index contributed by atoms with van der Waals surface area (Å²) in [5.41, 5.74) is 8.63. The van der Waals surface area contributed by atoms with Crippen LogP contribution < -0.4 is 20.5 Å². The highest BCUT2D eigenvalue weighted by Gasteiger charge is 2.31. The van der Waals surface area contributed by atoms with Crippen LogP contribution in [0.2, 0.25) is 5.02 Å².